The normalized spacial score (nSPS) is 21.5. The summed E-state index contributed by atoms with van der Waals surface area (Å²) in [7, 11) is 0. The van der Waals surface area contributed by atoms with Crippen molar-refractivity contribution in [3.8, 4) is 0 Å². The van der Waals surface area contributed by atoms with Crippen LogP contribution in [0.5, 0.6) is 0 Å². The number of nitrogens with zero attached hydrogens (tertiary/aromatic N) is 1. The molecule has 18 heavy (non-hydrogen) atoms. The Hall–Kier alpha value is -1.17. The predicted molar refractivity (Wildman–Crippen MR) is 71.5 cm³/mol. The summed E-state index contributed by atoms with van der Waals surface area (Å²) in [5.74, 6) is -0.927. The van der Waals surface area contributed by atoms with Gasteiger partial charge < -0.3 is 10.2 Å². The number of rotatable bonds is 4. The zero-order valence-corrected chi connectivity index (χ0v) is 10.9. The smallest absolute Gasteiger partial charge is 0.328 e. The topological polar surface area (TPSA) is 60.8 Å². The molecule has 0 radical (unpaired) electrons. The van der Waals surface area contributed by atoms with Crippen LogP contribution in [0.25, 0.3) is 6.08 Å². The van der Waals surface area contributed by atoms with Gasteiger partial charge in [0.2, 0.25) is 0 Å². The van der Waals surface area contributed by atoms with Crippen LogP contribution in [0.2, 0.25) is 0 Å². The van der Waals surface area contributed by atoms with Crippen molar-refractivity contribution >= 4 is 23.4 Å². The third kappa shape index (κ3) is 3.94. The zero-order chi connectivity index (χ0) is 13.0. The number of hydrogen-bond acceptors (Lipinski definition) is 4. The van der Waals surface area contributed by atoms with E-state index in [1.807, 2.05) is 12.1 Å². The first-order valence-electron chi connectivity index (χ1n) is 6.03. The standard InChI is InChI=1S/C13H17NO3S/c15-10-2-1-7-14(8-10)9-12-4-3-11(18-12)5-6-13(16)17/h3-6,10,15H,1-2,7-9H2,(H,16,17). The molecule has 5 heteroatoms. The van der Waals surface area contributed by atoms with Gasteiger partial charge in [-0.25, -0.2) is 4.79 Å². The average molecular weight is 267 g/mol. The van der Waals surface area contributed by atoms with Crippen LogP contribution in [0, 0.1) is 0 Å². The van der Waals surface area contributed by atoms with Crippen LogP contribution >= 0.6 is 11.3 Å². The van der Waals surface area contributed by atoms with E-state index in [1.165, 1.54) is 4.88 Å². The molecule has 1 fully saturated rings. The Morgan fingerprint density at radius 2 is 2.39 bits per heavy atom. The molecular formula is C13H17NO3S. The number of carboxylic acids is 1. The minimum Gasteiger partial charge on any atom is -0.478 e. The molecular weight excluding hydrogens is 250 g/mol. The second-order valence-electron chi connectivity index (χ2n) is 4.51. The Morgan fingerprint density at radius 1 is 1.56 bits per heavy atom. The number of β-amino-alcohol motifs (C(OH)–C–C–N with tert-alkyl or cyclic N) is 1. The van der Waals surface area contributed by atoms with Crippen molar-refractivity contribution in [2.75, 3.05) is 13.1 Å². The lowest BCUT2D eigenvalue weighted by Gasteiger charge is -2.29. The van der Waals surface area contributed by atoms with Crippen LogP contribution in [-0.2, 0) is 11.3 Å². The van der Waals surface area contributed by atoms with E-state index in [0.717, 1.165) is 43.4 Å². The third-order valence-electron chi connectivity index (χ3n) is 2.93. The van der Waals surface area contributed by atoms with Crippen LogP contribution in [-0.4, -0.2) is 40.3 Å². The van der Waals surface area contributed by atoms with E-state index in [1.54, 1.807) is 17.4 Å². The van der Waals surface area contributed by atoms with E-state index >= 15 is 0 Å². The number of likely N-dealkylation sites (tertiary alicyclic amines) is 1. The van der Waals surface area contributed by atoms with Crippen molar-refractivity contribution in [1.82, 2.24) is 4.90 Å². The molecule has 0 saturated carbocycles. The second kappa shape index (κ2) is 6.13. The maximum atomic E-state index is 10.4. The fourth-order valence-corrected chi connectivity index (χ4v) is 3.08. The molecule has 1 atom stereocenters. The molecule has 1 aromatic heterocycles. The maximum Gasteiger partial charge on any atom is 0.328 e. The molecule has 0 aliphatic carbocycles. The lowest BCUT2D eigenvalue weighted by Crippen LogP contribution is -2.37. The average Bonchev–Trinajstić information content (AvgIpc) is 2.74. The lowest BCUT2D eigenvalue weighted by atomic mass is 10.1. The molecule has 0 bridgehead atoms. The van der Waals surface area contributed by atoms with Gasteiger partial charge in [0.15, 0.2) is 0 Å². The highest BCUT2D eigenvalue weighted by Crippen LogP contribution is 2.21. The van der Waals surface area contributed by atoms with Gasteiger partial charge in [0.1, 0.15) is 0 Å². The zero-order valence-electron chi connectivity index (χ0n) is 10.1. The number of thiophene rings is 1. The summed E-state index contributed by atoms with van der Waals surface area (Å²) in [4.78, 5) is 14.8. The quantitative estimate of drug-likeness (QED) is 0.817. The summed E-state index contributed by atoms with van der Waals surface area (Å²) in [6, 6.07) is 3.95. The highest BCUT2D eigenvalue weighted by atomic mass is 32.1. The van der Waals surface area contributed by atoms with Gasteiger partial charge in [-0.1, -0.05) is 0 Å². The van der Waals surface area contributed by atoms with Crippen molar-refractivity contribution in [2.24, 2.45) is 0 Å². The highest BCUT2D eigenvalue weighted by Gasteiger charge is 2.17. The number of aliphatic hydroxyl groups is 1. The number of aliphatic carboxylic acids is 1. The summed E-state index contributed by atoms with van der Waals surface area (Å²) in [5.41, 5.74) is 0. The van der Waals surface area contributed by atoms with Crippen LogP contribution in [0.15, 0.2) is 18.2 Å². The van der Waals surface area contributed by atoms with Gasteiger partial charge in [0, 0.05) is 28.9 Å². The largest absolute Gasteiger partial charge is 0.478 e. The third-order valence-corrected chi connectivity index (χ3v) is 3.97. The number of hydrogen-bond donors (Lipinski definition) is 2. The van der Waals surface area contributed by atoms with Crippen molar-refractivity contribution in [2.45, 2.75) is 25.5 Å². The van der Waals surface area contributed by atoms with Crippen molar-refractivity contribution in [1.29, 1.82) is 0 Å². The summed E-state index contributed by atoms with van der Waals surface area (Å²) in [6.45, 7) is 2.59. The molecule has 0 amide bonds. The first-order chi connectivity index (χ1) is 8.63. The van der Waals surface area contributed by atoms with Gasteiger partial charge in [-0.05, 0) is 37.6 Å². The molecule has 0 spiro atoms. The van der Waals surface area contributed by atoms with Gasteiger partial charge >= 0.3 is 5.97 Å². The Bertz CT molecular complexity index is 441. The van der Waals surface area contributed by atoms with Crippen LogP contribution in [0.3, 0.4) is 0 Å². The molecule has 98 valence electrons. The van der Waals surface area contributed by atoms with Gasteiger partial charge in [-0.15, -0.1) is 11.3 Å². The molecule has 4 nitrogen and oxygen atoms in total. The monoisotopic (exact) mass is 267 g/mol. The van der Waals surface area contributed by atoms with Gasteiger partial charge in [0.05, 0.1) is 6.10 Å². The van der Waals surface area contributed by atoms with E-state index < -0.39 is 5.97 Å². The highest BCUT2D eigenvalue weighted by molar-refractivity contribution is 7.12. The summed E-state index contributed by atoms with van der Waals surface area (Å²) in [6.07, 6.45) is 4.50. The van der Waals surface area contributed by atoms with Gasteiger partial charge in [0.25, 0.3) is 0 Å². The molecule has 2 rings (SSSR count). The Morgan fingerprint density at radius 3 is 3.11 bits per heavy atom. The number of piperidine rings is 1. The first kappa shape index (κ1) is 13.3. The molecule has 1 aromatic rings. The van der Waals surface area contributed by atoms with E-state index in [0.29, 0.717) is 0 Å². The van der Waals surface area contributed by atoms with Crippen molar-refractivity contribution < 1.29 is 15.0 Å². The molecule has 1 saturated heterocycles. The minimum absolute atomic E-state index is 0.204. The van der Waals surface area contributed by atoms with E-state index in [2.05, 4.69) is 4.90 Å². The molecule has 1 aliphatic rings. The number of aliphatic hydroxyl groups excluding tert-OH is 1. The minimum atomic E-state index is -0.927. The Balaban J connectivity index is 1.91. The SMILES string of the molecule is O=C(O)C=Cc1ccc(CN2CCCC(O)C2)s1. The molecule has 2 heterocycles. The van der Waals surface area contributed by atoms with Crippen LogP contribution < -0.4 is 0 Å². The fraction of sp³-hybridized carbons (Fsp3) is 0.462. The summed E-state index contributed by atoms with van der Waals surface area (Å²) in [5, 5.41) is 18.1. The maximum absolute atomic E-state index is 10.4. The second-order valence-corrected chi connectivity index (χ2v) is 5.71. The summed E-state index contributed by atoms with van der Waals surface area (Å²) < 4.78 is 0. The Labute approximate surface area is 110 Å². The van der Waals surface area contributed by atoms with Crippen molar-refractivity contribution in [3.63, 3.8) is 0 Å². The fourth-order valence-electron chi connectivity index (χ4n) is 2.12. The van der Waals surface area contributed by atoms with Gasteiger partial charge in [-0.3, -0.25) is 4.90 Å². The summed E-state index contributed by atoms with van der Waals surface area (Å²) >= 11 is 1.60. The first-order valence-corrected chi connectivity index (χ1v) is 6.85. The van der Waals surface area contributed by atoms with Crippen LogP contribution in [0.1, 0.15) is 22.6 Å². The van der Waals surface area contributed by atoms with E-state index in [-0.39, 0.29) is 6.10 Å². The van der Waals surface area contributed by atoms with Crippen molar-refractivity contribution in [3.05, 3.63) is 28.0 Å². The number of carboxylic acid groups (broad SMARTS) is 1. The van der Waals surface area contributed by atoms with Gasteiger partial charge in [-0.2, -0.15) is 0 Å². The van der Waals surface area contributed by atoms with Crippen LogP contribution in [0.4, 0.5) is 0 Å². The molecule has 2 N–H and O–H groups in total. The lowest BCUT2D eigenvalue weighted by molar-refractivity contribution is -0.131. The van der Waals surface area contributed by atoms with E-state index in [9.17, 15) is 9.90 Å². The van der Waals surface area contributed by atoms with E-state index in [4.69, 9.17) is 5.11 Å². The Kier molecular flexibility index (Phi) is 4.52. The molecule has 0 aromatic carbocycles. The predicted octanol–water partition coefficient (Wildman–Crippen LogP) is 1.80. The molecule has 1 unspecified atom stereocenters. The molecule has 1 aliphatic heterocycles. The number of carbonyl (C=O) groups is 1.